The van der Waals surface area contributed by atoms with Crippen LogP contribution in [0.5, 0.6) is 0 Å². The first-order valence-corrected chi connectivity index (χ1v) is 4.48. The van der Waals surface area contributed by atoms with Crippen LogP contribution in [0, 0.1) is 17.8 Å². The standard InChI is InChI=1S/C10H16F2O/c1-4-5-6-7-8-13-10(11,12)9(2)3/h9H,4,7-8H2,1-3H3. The monoisotopic (exact) mass is 190 g/mol. The lowest BCUT2D eigenvalue weighted by molar-refractivity contribution is -0.263. The second-order valence-corrected chi connectivity index (χ2v) is 3.02. The zero-order valence-electron chi connectivity index (χ0n) is 8.36. The van der Waals surface area contributed by atoms with E-state index in [0.29, 0.717) is 6.42 Å². The van der Waals surface area contributed by atoms with E-state index in [-0.39, 0.29) is 6.61 Å². The predicted molar refractivity (Wildman–Crippen MR) is 48.4 cm³/mol. The van der Waals surface area contributed by atoms with Gasteiger partial charge in [0.2, 0.25) is 0 Å². The van der Waals surface area contributed by atoms with Gasteiger partial charge in [-0.3, -0.25) is 0 Å². The number of hydrogen-bond acceptors (Lipinski definition) is 1. The summed E-state index contributed by atoms with van der Waals surface area (Å²) in [5.74, 6) is 4.74. The van der Waals surface area contributed by atoms with E-state index in [1.165, 1.54) is 13.8 Å². The molecule has 0 saturated carbocycles. The largest absolute Gasteiger partial charge is 0.358 e. The van der Waals surface area contributed by atoms with Crippen molar-refractivity contribution in [2.75, 3.05) is 6.61 Å². The maximum atomic E-state index is 12.8. The fourth-order valence-electron chi connectivity index (χ4n) is 0.618. The Morgan fingerprint density at radius 1 is 1.31 bits per heavy atom. The molecule has 13 heavy (non-hydrogen) atoms. The minimum atomic E-state index is -3.02. The maximum Gasteiger partial charge on any atom is 0.358 e. The SMILES string of the molecule is CCC#CCCOC(F)(F)C(C)C. The smallest absolute Gasteiger partial charge is 0.319 e. The van der Waals surface area contributed by atoms with Crippen LogP contribution in [-0.2, 0) is 4.74 Å². The third-order valence-electron chi connectivity index (χ3n) is 1.50. The normalized spacial score (nSPS) is 11.2. The first-order chi connectivity index (χ1) is 6.00. The van der Waals surface area contributed by atoms with Gasteiger partial charge in [0.05, 0.1) is 6.61 Å². The number of alkyl halides is 2. The summed E-state index contributed by atoms with van der Waals surface area (Å²) < 4.78 is 30.0. The fourth-order valence-corrected chi connectivity index (χ4v) is 0.618. The van der Waals surface area contributed by atoms with Crippen molar-refractivity contribution in [1.29, 1.82) is 0 Å². The van der Waals surface area contributed by atoms with Crippen molar-refractivity contribution in [1.82, 2.24) is 0 Å². The minimum absolute atomic E-state index is 0.00181. The average Bonchev–Trinajstić information content (AvgIpc) is 2.03. The highest BCUT2D eigenvalue weighted by molar-refractivity contribution is 4.97. The van der Waals surface area contributed by atoms with Gasteiger partial charge in [-0.15, -0.1) is 11.8 Å². The number of rotatable bonds is 4. The second-order valence-electron chi connectivity index (χ2n) is 3.02. The molecule has 0 amide bonds. The van der Waals surface area contributed by atoms with E-state index < -0.39 is 12.0 Å². The third kappa shape index (κ3) is 5.59. The molecule has 3 heteroatoms. The van der Waals surface area contributed by atoms with Gasteiger partial charge in [-0.25, -0.2) is 0 Å². The molecular formula is C10H16F2O. The van der Waals surface area contributed by atoms with Crippen LogP contribution in [0.2, 0.25) is 0 Å². The Morgan fingerprint density at radius 2 is 1.92 bits per heavy atom. The summed E-state index contributed by atoms with van der Waals surface area (Å²) in [6.45, 7) is 4.77. The summed E-state index contributed by atoms with van der Waals surface area (Å²) in [6, 6.07) is 0. The Morgan fingerprint density at radius 3 is 2.38 bits per heavy atom. The molecule has 0 radical (unpaired) electrons. The van der Waals surface area contributed by atoms with Crippen LogP contribution >= 0.6 is 0 Å². The van der Waals surface area contributed by atoms with E-state index in [1.54, 1.807) is 0 Å². The van der Waals surface area contributed by atoms with Crippen molar-refractivity contribution in [3.63, 3.8) is 0 Å². The van der Waals surface area contributed by atoms with E-state index in [1.807, 2.05) is 6.92 Å². The minimum Gasteiger partial charge on any atom is -0.319 e. The molecule has 0 bridgehead atoms. The van der Waals surface area contributed by atoms with Crippen LogP contribution in [0.15, 0.2) is 0 Å². The van der Waals surface area contributed by atoms with E-state index in [2.05, 4.69) is 16.6 Å². The first-order valence-electron chi connectivity index (χ1n) is 4.48. The summed E-state index contributed by atoms with van der Waals surface area (Å²) in [5, 5.41) is 0. The van der Waals surface area contributed by atoms with Crippen molar-refractivity contribution in [3.8, 4) is 11.8 Å². The molecule has 0 rings (SSSR count). The lowest BCUT2D eigenvalue weighted by Gasteiger charge is -2.19. The number of ether oxygens (including phenoxy) is 1. The highest BCUT2D eigenvalue weighted by Crippen LogP contribution is 2.24. The number of hydrogen-bond donors (Lipinski definition) is 0. The van der Waals surface area contributed by atoms with Gasteiger partial charge in [-0.05, 0) is 0 Å². The summed E-state index contributed by atoms with van der Waals surface area (Å²) in [7, 11) is 0. The number of halogens is 2. The Hall–Kier alpha value is -0.620. The highest BCUT2D eigenvalue weighted by Gasteiger charge is 2.33. The van der Waals surface area contributed by atoms with E-state index in [9.17, 15) is 8.78 Å². The van der Waals surface area contributed by atoms with E-state index in [4.69, 9.17) is 0 Å². The van der Waals surface area contributed by atoms with Gasteiger partial charge in [-0.2, -0.15) is 8.78 Å². The van der Waals surface area contributed by atoms with Crippen LogP contribution < -0.4 is 0 Å². The Bertz CT molecular complexity index is 189. The van der Waals surface area contributed by atoms with Crippen molar-refractivity contribution in [2.24, 2.45) is 5.92 Å². The second kappa shape index (κ2) is 5.93. The van der Waals surface area contributed by atoms with Gasteiger partial charge in [0, 0.05) is 18.8 Å². The Balaban J connectivity index is 3.64. The van der Waals surface area contributed by atoms with Crippen LogP contribution in [0.4, 0.5) is 8.78 Å². The average molecular weight is 190 g/mol. The topological polar surface area (TPSA) is 9.23 Å². The lowest BCUT2D eigenvalue weighted by Crippen LogP contribution is -2.27. The predicted octanol–water partition coefficient (Wildman–Crippen LogP) is 3.06. The van der Waals surface area contributed by atoms with Crippen molar-refractivity contribution >= 4 is 0 Å². The molecule has 0 spiro atoms. The summed E-state index contributed by atoms with van der Waals surface area (Å²) >= 11 is 0. The van der Waals surface area contributed by atoms with Crippen LogP contribution in [0.3, 0.4) is 0 Å². The molecule has 0 aromatic rings. The molecule has 0 aliphatic heterocycles. The van der Waals surface area contributed by atoms with E-state index in [0.717, 1.165) is 6.42 Å². The molecule has 0 aromatic carbocycles. The molecule has 0 aliphatic carbocycles. The molecule has 76 valence electrons. The van der Waals surface area contributed by atoms with Gasteiger partial charge in [-0.1, -0.05) is 20.8 Å². The van der Waals surface area contributed by atoms with Gasteiger partial charge in [0.1, 0.15) is 0 Å². The summed E-state index contributed by atoms with van der Waals surface area (Å²) in [5.41, 5.74) is 0. The molecule has 0 unspecified atom stereocenters. The zero-order chi connectivity index (χ0) is 10.3. The molecule has 0 N–H and O–H groups in total. The Labute approximate surface area is 78.5 Å². The van der Waals surface area contributed by atoms with Gasteiger partial charge < -0.3 is 4.74 Å². The first kappa shape index (κ1) is 12.4. The molecule has 1 nitrogen and oxygen atoms in total. The van der Waals surface area contributed by atoms with Crippen molar-refractivity contribution in [2.45, 2.75) is 39.7 Å². The molecule has 0 atom stereocenters. The highest BCUT2D eigenvalue weighted by atomic mass is 19.3. The van der Waals surface area contributed by atoms with Gasteiger partial charge in [0.15, 0.2) is 0 Å². The molecule has 0 aliphatic rings. The lowest BCUT2D eigenvalue weighted by atomic mass is 10.2. The maximum absolute atomic E-state index is 12.8. The van der Waals surface area contributed by atoms with Gasteiger partial charge >= 0.3 is 6.11 Å². The van der Waals surface area contributed by atoms with Crippen molar-refractivity contribution in [3.05, 3.63) is 0 Å². The van der Waals surface area contributed by atoms with E-state index >= 15 is 0 Å². The fraction of sp³-hybridized carbons (Fsp3) is 0.800. The Kier molecular flexibility index (Phi) is 5.65. The molecule has 0 fully saturated rings. The molecule has 0 heterocycles. The van der Waals surface area contributed by atoms with Crippen LogP contribution in [0.1, 0.15) is 33.6 Å². The van der Waals surface area contributed by atoms with Gasteiger partial charge in [0.25, 0.3) is 0 Å². The van der Waals surface area contributed by atoms with Crippen LogP contribution in [0.25, 0.3) is 0 Å². The molecular weight excluding hydrogens is 174 g/mol. The molecule has 0 aromatic heterocycles. The van der Waals surface area contributed by atoms with Crippen molar-refractivity contribution < 1.29 is 13.5 Å². The zero-order valence-corrected chi connectivity index (χ0v) is 8.36. The summed E-state index contributed by atoms with van der Waals surface area (Å²) in [6.07, 6.45) is -1.90. The summed E-state index contributed by atoms with van der Waals surface area (Å²) in [4.78, 5) is 0. The van der Waals surface area contributed by atoms with Crippen LogP contribution in [-0.4, -0.2) is 12.7 Å². The quantitative estimate of drug-likeness (QED) is 0.489. The molecule has 0 saturated heterocycles. The third-order valence-corrected chi connectivity index (χ3v) is 1.50.